The van der Waals surface area contributed by atoms with Gasteiger partial charge in [-0.2, -0.15) is 0 Å². The molecule has 2 aromatic rings. The summed E-state index contributed by atoms with van der Waals surface area (Å²) in [5, 5.41) is 13.1. The molecule has 4 nitrogen and oxygen atoms in total. The number of aromatic nitrogens is 1. The zero-order valence-corrected chi connectivity index (χ0v) is 14.3. The molecule has 0 bridgehead atoms. The molecule has 0 aliphatic heterocycles. The number of ether oxygens (including phenoxy) is 1. The highest BCUT2D eigenvalue weighted by Crippen LogP contribution is 2.23. The van der Waals surface area contributed by atoms with E-state index in [-0.39, 0.29) is 12.6 Å². The average Bonchev–Trinajstić information content (AvgIpc) is 2.96. The molecule has 0 saturated heterocycles. The number of aliphatic hydroxyl groups is 1. The van der Waals surface area contributed by atoms with Crippen LogP contribution >= 0.6 is 11.3 Å². The lowest BCUT2D eigenvalue weighted by molar-refractivity contribution is 0.141. The summed E-state index contributed by atoms with van der Waals surface area (Å²) < 4.78 is 5.18. The van der Waals surface area contributed by atoms with E-state index in [1.54, 1.807) is 18.4 Å². The molecule has 1 N–H and O–H groups in total. The maximum atomic E-state index is 9.75. The molecule has 1 heterocycles. The summed E-state index contributed by atoms with van der Waals surface area (Å²) in [5.74, 6) is 0.826. The van der Waals surface area contributed by atoms with Gasteiger partial charge in [0.1, 0.15) is 5.75 Å². The fourth-order valence-electron chi connectivity index (χ4n) is 2.44. The summed E-state index contributed by atoms with van der Waals surface area (Å²) in [6.07, 6.45) is 2.16. The van der Waals surface area contributed by atoms with Crippen LogP contribution in [0.25, 0.3) is 0 Å². The molecule has 0 spiro atoms. The van der Waals surface area contributed by atoms with Crippen molar-refractivity contribution in [3.05, 3.63) is 45.9 Å². The molecule has 22 heavy (non-hydrogen) atoms. The maximum absolute atomic E-state index is 9.75. The second kappa shape index (κ2) is 8.27. The normalized spacial score (nSPS) is 12.6. The summed E-state index contributed by atoms with van der Waals surface area (Å²) in [6, 6.07) is 7.81. The predicted molar refractivity (Wildman–Crippen MR) is 90.4 cm³/mol. The fraction of sp³-hybridized carbons (Fsp3) is 0.471. The number of likely N-dealkylation sites (N-methyl/N-ethyl adjacent to an activating group) is 1. The van der Waals surface area contributed by atoms with Crippen LogP contribution in [0.15, 0.2) is 29.6 Å². The third-order valence-electron chi connectivity index (χ3n) is 3.68. The molecule has 0 fully saturated rings. The minimum atomic E-state index is -0.0396. The number of benzene rings is 1. The number of rotatable bonds is 8. The molecular weight excluding hydrogens is 296 g/mol. The van der Waals surface area contributed by atoms with Crippen molar-refractivity contribution in [3.8, 4) is 5.75 Å². The van der Waals surface area contributed by atoms with Crippen molar-refractivity contribution < 1.29 is 9.84 Å². The highest BCUT2D eigenvalue weighted by Gasteiger charge is 2.17. The Morgan fingerprint density at radius 1 is 1.32 bits per heavy atom. The van der Waals surface area contributed by atoms with Crippen LogP contribution in [0.1, 0.15) is 35.7 Å². The first-order valence-electron chi connectivity index (χ1n) is 7.56. The van der Waals surface area contributed by atoms with Gasteiger partial charge in [-0.15, -0.1) is 11.3 Å². The van der Waals surface area contributed by atoms with Crippen molar-refractivity contribution in [1.82, 2.24) is 9.88 Å². The van der Waals surface area contributed by atoms with E-state index in [4.69, 9.17) is 4.74 Å². The van der Waals surface area contributed by atoms with Gasteiger partial charge < -0.3 is 9.84 Å². The average molecular weight is 320 g/mol. The first-order valence-corrected chi connectivity index (χ1v) is 8.44. The van der Waals surface area contributed by atoms with Crippen molar-refractivity contribution in [2.24, 2.45) is 0 Å². The number of hydrogen-bond donors (Lipinski definition) is 1. The van der Waals surface area contributed by atoms with Crippen LogP contribution in [0.3, 0.4) is 0 Å². The SMILES string of the molecule is CCCc1nc(CN(C)C(CO)c2ccc(OC)cc2)cs1. The molecule has 5 heteroatoms. The summed E-state index contributed by atoms with van der Waals surface area (Å²) >= 11 is 1.72. The van der Waals surface area contributed by atoms with Crippen LogP contribution in [0.2, 0.25) is 0 Å². The standard InChI is InChI=1S/C17H24N2O2S/c1-4-5-17-18-14(12-22-17)10-19(2)16(11-20)13-6-8-15(21-3)9-7-13/h6-9,12,16,20H,4-5,10-11H2,1-3H3. The van der Waals surface area contributed by atoms with E-state index >= 15 is 0 Å². The van der Waals surface area contributed by atoms with Crippen LogP contribution in [0.4, 0.5) is 0 Å². The van der Waals surface area contributed by atoms with E-state index in [1.807, 2.05) is 31.3 Å². The summed E-state index contributed by atoms with van der Waals surface area (Å²) in [7, 11) is 3.67. The molecule has 120 valence electrons. The Kier molecular flexibility index (Phi) is 6.36. The molecular formula is C17H24N2O2S. The van der Waals surface area contributed by atoms with E-state index in [1.165, 1.54) is 5.01 Å². The number of aryl methyl sites for hydroxylation is 1. The highest BCUT2D eigenvalue weighted by atomic mass is 32.1. The molecule has 0 radical (unpaired) electrons. The summed E-state index contributed by atoms with van der Waals surface area (Å²) in [6.45, 7) is 2.98. The molecule has 2 rings (SSSR count). The van der Waals surface area contributed by atoms with E-state index < -0.39 is 0 Å². The number of aliphatic hydroxyl groups excluding tert-OH is 1. The van der Waals surface area contributed by atoms with Gasteiger partial charge in [0, 0.05) is 11.9 Å². The second-order valence-electron chi connectivity index (χ2n) is 5.37. The summed E-state index contributed by atoms with van der Waals surface area (Å²) in [4.78, 5) is 6.78. The number of thiazole rings is 1. The summed E-state index contributed by atoms with van der Waals surface area (Å²) in [5.41, 5.74) is 2.15. The molecule has 1 aromatic carbocycles. The van der Waals surface area contributed by atoms with Crippen molar-refractivity contribution in [3.63, 3.8) is 0 Å². The van der Waals surface area contributed by atoms with E-state index in [0.29, 0.717) is 0 Å². The molecule has 1 atom stereocenters. The van der Waals surface area contributed by atoms with Gasteiger partial charge in [-0.05, 0) is 37.6 Å². The van der Waals surface area contributed by atoms with Gasteiger partial charge in [0.15, 0.2) is 0 Å². The Labute approximate surface area is 136 Å². The zero-order valence-electron chi connectivity index (χ0n) is 13.5. The molecule has 1 unspecified atom stereocenters. The Hall–Kier alpha value is -1.43. The highest BCUT2D eigenvalue weighted by molar-refractivity contribution is 7.09. The Balaban J connectivity index is 2.05. The van der Waals surface area contributed by atoms with Crippen LogP contribution in [-0.2, 0) is 13.0 Å². The molecule has 0 saturated carbocycles. The molecule has 0 aliphatic carbocycles. The minimum Gasteiger partial charge on any atom is -0.497 e. The quantitative estimate of drug-likeness (QED) is 0.811. The van der Waals surface area contributed by atoms with E-state index in [2.05, 4.69) is 22.2 Å². The Morgan fingerprint density at radius 2 is 2.05 bits per heavy atom. The van der Waals surface area contributed by atoms with Crippen LogP contribution in [0, 0.1) is 0 Å². The van der Waals surface area contributed by atoms with Gasteiger partial charge >= 0.3 is 0 Å². The monoisotopic (exact) mass is 320 g/mol. The minimum absolute atomic E-state index is 0.0396. The Bertz CT molecular complexity index is 568. The lowest BCUT2D eigenvalue weighted by Gasteiger charge is -2.26. The third kappa shape index (κ3) is 4.29. The number of hydrogen-bond acceptors (Lipinski definition) is 5. The van der Waals surface area contributed by atoms with Gasteiger partial charge in [0.25, 0.3) is 0 Å². The van der Waals surface area contributed by atoms with Crippen molar-refractivity contribution in [2.45, 2.75) is 32.4 Å². The first-order chi connectivity index (χ1) is 10.7. The van der Waals surface area contributed by atoms with Crippen LogP contribution < -0.4 is 4.74 Å². The van der Waals surface area contributed by atoms with Crippen LogP contribution in [0.5, 0.6) is 5.75 Å². The fourth-order valence-corrected chi connectivity index (χ4v) is 3.33. The van der Waals surface area contributed by atoms with Gasteiger partial charge in [-0.3, -0.25) is 4.90 Å². The van der Waals surface area contributed by atoms with Gasteiger partial charge in [-0.25, -0.2) is 4.98 Å². The van der Waals surface area contributed by atoms with Crippen molar-refractivity contribution >= 4 is 11.3 Å². The lowest BCUT2D eigenvalue weighted by atomic mass is 10.1. The van der Waals surface area contributed by atoms with Gasteiger partial charge in [-0.1, -0.05) is 19.1 Å². The van der Waals surface area contributed by atoms with E-state index in [9.17, 15) is 5.11 Å². The predicted octanol–water partition coefficient (Wildman–Crippen LogP) is 3.27. The van der Waals surface area contributed by atoms with E-state index in [0.717, 1.165) is 36.4 Å². The number of methoxy groups -OCH3 is 1. The molecule has 1 aromatic heterocycles. The van der Waals surface area contributed by atoms with Gasteiger partial charge in [0.05, 0.1) is 30.5 Å². The maximum Gasteiger partial charge on any atom is 0.118 e. The van der Waals surface area contributed by atoms with Gasteiger partial charge in [0.2, 0.25) is 0 Å². The van der Waals surface area contributed by atoms with Crippen molar-refractivity contribution in [1.29, 1.82) is 0 Å². The molecule has 0 amide bonds. The van der Waals surface area contributed by atoms with Crippen LogP contribution in [-0.4, -0.2) is 35.8 Å². The third-order valence-corrected chi connectivity index (χ3v) is 4.64. The second-order valence-corrected chi connectivity index (χ2v) is 6.31. The molecule has 0 aliphatic rings. The smallest absolute Gasteiger partial charge is 0.118 e. The first kappa shape index (κ1) is 16.9. The van der Waals surface area contributed by atoms with Crippen molar-refractivity contribution in [2.75, 3.05) is 20.8 Å². The topological polar surface area (TPSA) is 45.6 Å². The number of nitrogens with zero attached hydrogens (tertiary/aromatic N) is 2. The lowest BCUT2D eigenvalue weighted by Crippen LogP contribution is -2.27. The zero-order chi connectivity index (χ0) is 15.9. The Morgan fingerprint density at radius 3 is 2.64 bits per heavy atom. The largest absolute Gasteiger partial charge is 0.497 e.